The molecule has 33 heavy (non-hydrogen) atoms. The van der Waals surface area contributed by atoms with Gasteiger partial charge in [0.2, 0.25) is 11.9 Å². The van der Waals surface area contributed by atoms with Crippen molar-refractivity contribution in [1.82, 2.24) is 15.3 Å². The Labute approximate surface area is 192 Å². The highest BCUT2D eigenvalue weighted by Gasteiger charge is 2.15. The zero-order chi connectivity index (χ0) is 23.0. The van der Waals surface area contributed by atoms with E-state index in [0.717, 1.165) is 24.5 Å². The van der Waals surface area contributed by atoms with Crippen LogP contribution in [0, 0.1) is 6.92 Å². The van der Waals surface area contributed by atoms with Crippen molar-refractivity contribution in [3.63, 3.8) is 0 Å². The molecule has 3 N–H and O–H groups in total. The molecule has 1 fully saturated rings. The first-order valence-corrected chi connectivity index (χ1v) is 10.8. The minimum absolute atomic E-state index is 0.113. The minimum Gasteiger partial charge on any atom is -0.378 e. The molecule has 1 aliphatic heterocycles. The van der Waals surface area contributed by atoms with Gasteiger partial charge in [-0.25, -0.2) is 4.98 Å². The number of benzene rings is 2. The Morgan fingerprint density at radius 1 is 0.970 bits per heavy atom. The van der Waals surface area contributed by atoms with Crippen molar-refractivity contribution in [3.05, 3.63) is 71.9 Å². The molecule has 0 spiro atoms. The average molecular weight is 447 g/mol. The number of carbonyl (C=O) groups is 2. The number of aromatic nitrogens is 2. The number of hydrogen-bond donors (Lipinski definition) is 3. The predicted molar refractivity (Wildman–Crippen MR) is 127 cm³/mol. The second-order valence-corrected chi connectivity index (χ2v) is 7.59. The maximum Gasteiger partial charge on any atom is 0.251 e. The quantitative estimate of drug-likeness (QED) is 0.512. The Balaban J connectivity index is 1.31. The summed E-state index contributed by atoms with van der Waals surface area (Å²) in [5, 5.41) is 8.67. The van der Waals surface area contributed by atoms with E-state index in [1.165, 1.54) is 0 Å². The Kier molecular flexibility index (Phi) is 7.11. The van der Waals surface area contributed by atoms with Gasteiger partial charge in [0.25, 0.3) is 5.91 Å². The van der Waals surface area contributed by atoms with E-state index in [-0.39, 0.29) is 18.4 Å². The fourth-order valence-corrected chi connectivity index (χ4v) is 3.36. The van der Waals surface area contributed by atoms with Crippen LogP contribution >= 0.6 is 0 Å². The Hall–Kier alpha value is -3.98. The molecule has 9 nitrogen and oxygen atoms in total. The van der Waals surface area contributed by atoms with Gasteiger partial charge >= 0.3 is 0 Å². The fourth-order valence-electron chi connectivity index (χ4n) is 3.36. The van der Waals surface area contributed by atoms with E-state index >= 15 is 0 Å². The summed E-state index contributed by atoms with van der Waals surface area (Å²) in [6.45, 7) is 4.70. The summed E-state index contributed by atoms with van der Waals surface area (Å²) in [7, 11) is 0. The van der Waals surface area contributed by atoms with E-state index in [9.17, 15) is 9.59 Å². The smallest absolute Gasteiger partial charge is 0.251 e. The number of nitrogens with one attached hydrogen (secondary N) is 3. The largest absolute Gasteiger partial charge is 0.378 e. The maximum absolute atomic E-state index is 12.2. The molecule has 2 aromatic carbocycles. The van der Waals surface area contributed by atoms with Crippen LogP contribution in [0.2, 0.25) is 0 Å². The van der Waals surface area contributed by atoms with Crippen LogP contribution in [0.5, 0.6) is 0 Å². The molecule has 9 heteroatoms. The molecule has 1 aromatic heterocycles. The zero-order valence-corrected chi connectivity index (χ0v) is 18.4. The summed E-state index contributed by atoms with van der Waals surface area (Å²) >= 11 is 0. The van der Waals surface area contributed by atoms with Crippen molar-refractivity contribution in [1.29, 1.82) is 0 Å². The SMILES string of the molecule is Cc1cc(Nc2ccc(NC(=O)CNC(=O)c3ccccc3)cc2)nc(N2CCOCC2)n1. The van der Waals surface area contributed by atoms with Crippen molar-refractivity contribution in [2.24, 2.45) is 0 Å². The van der Waals surface area contributed by atoms with Gasteiger partial charge in [-0.2, -0.15) is 4.98 Å². The molecule has 2 amide bonds. The normalized spacial score (nSPS) is 13.3. The molecule has 0 bridgehead atoms. The van der Waals surface area contributed by atoms with Crippen LogP contribution in [0.4, 0.5) is 23.1 Å². The topological polar surface area (TPSA) is 108 Å². The highest BCUT2D eigenvalue weighted by atomic mass is 16.5. The molecule has 0 aliphatic carbocycles. The minimum atomic E-state index is -0.304. The van der Waals surface area contributed by atoms with Gasteiger partial charge in [0, 0.05) is 41.8 Å². The lowest BCUT2D eigenvalue weighted by molar-refractivity contribution is -0.115. The molecule has 3 aromatic rings. The first-order valence-electron chi connectivity index (χ1n) is 10.8. The van der Waals surface area contributed by atoms with E-state index in [0.29, 0.717) is 36.2 Å². The third kappa shape index (κ3) is 6.27. The standard InChI is InChI=1S/C24H26N6O3/c1-17-15-21(29-24(26-17)30-11-13-33-14-12-30)27-19-7-9-20(10-8-19)28-22(31)16-25-23(32)18-5-3-2-4-6-18/h2-10,15H,11-14,16H2,1H3,(H,25,32)(H,28,31)(H,26,27,29). The lowest BCUT2D eigenvalue weighted by Crippen LogP contribution is -2.37. The molecule has 0 atom stereocenters. The lowest BCUT2D eigenvalue weighted by Gasteiger charge is -2.27. The number of rotatable bonds is 7. The third-order valence-corrected chi connectivity index (χ3v) is 5.02. The van der Waals surface area contributed by atoms with Gasteiger partial charge in [-0.1, -0.05) is 18.2 Å². The molecule has 1 saturated heterocycles. The summed E-state index contributed by atoms with van der Waals surface area (Å²) in [5.74, 6) is 0.787. The van der Waals surface area contributed by atoms with Crippen LogP contribution in [0.3, 0.4) is 0 Å². The maximum atomic E-state index is 12.2. The van der Waals surface area contributed by atoms with Crippen LogP contribution < -0.4 is 20.9 Å². The molecule has 2 heterocycles. The average Bonchev–Trinajstić information content (AvgIpc) is 2.84. The van der Waals surface area contributed by atoms with E-state index in [1.54, 1.807) is 36.4 Å². The summed E-state index contributed by atoms with van der Waals surface area (Å²) in [4.78, 5) is 35.5. The van der Waals surface area contributed by atoms with Crippen LogP contribution in [-0.4, -0.2) is 54.6 Å². The van der Waals surface area contributed by atoms with Gasteiger partial charge in [-0.3, -0.25) is 9.59 Å². The number of nitrogens with zero attached hydrogens (tertiary/aromatic N) is 3. The molecule has 0 unspecified atom stereocenters. The summed E-state index contributed by atoms with van der Waals surface area (Å²) in [5.41, 5.74) is 2.84. The number of aryl methyl sites for hydroxylation is 1. The van der Waals surface area contributed by atoms with Crippen LogP contribution in [0.1, 0.15) is 16.1 Å². The Bertz CT molecular complexity index is 1100. The summed E-state index contributed by atoms with van der Waals surface area (Å²) < 4.78 is 5.40. The predicted octanol–water partition coefficient (Wildman–Crippen LogP) is 2.73. The number of amides is 2. The first-order chi connectivity index (χ1) is 16.1. The number of ether oxygens (including phenoxy) is 1. The second-order valence-electron chi connectivity index (χ2n) is 7.59. The fraction of sp³-hybridized carbons (Fsp3) is 0.250. The van der Waals surface area contributed by atoms with Gasteiger partial charge in [0.1, 0.15) is 5.82 Å². The van der Waals surface area contributed by atoms with Gasteiger partial charge < -0.3 is 25.6 Å². The highest BCUT2D eigenvalue weighted by molar-refractivity contribution is 5.99. The summed E-state index contributed by atoms with van der Waals surface area (Å²) in [6.07, 6.45) is 0. The molecule has 0 radical (unpaired) electrons. The van der Waals surface area contributed by atoms with Crippen molar-refractivity contribution >= 4 is 35.0 Å². The molecule has 4 rings (SSSR count). The molecule has 170 valence electrons. The lowest BCUT2D eigenvalue weighted by atomic mass is 10.2. The number of carbonyl (C=O) groups excluding carboxylic acids is 2. The Morgan fingerprint density at radius 2 is 1.67 bits per heavy atom. The van der Waals surface area contributed by atoms with Crippen LogP contribution in [-0.2, 0) is 9.53 Å². The summed E-state index contributed by atoms with van der Waals surface area (Å²) in [6, 6.07) is 17.9. The van der Waals surface area contributed by atoms with Crippen LogP contribution in [0.15, 0.2) is 60.7 Å². The zero-order valence-electron chi connectivity index (χ0n) is 18.4. The third-order valence-electron chi connectivity index (χ3n) is 5.02. The van der Waals surface area contributed by atoms with Gasteiger partial charge in [0.15, 0.2) is 0 Å². The number of anilines is 4. The van der Waals surface area contributed by atoms with Crippen molar-refractivity contribution in [2.75, 3.05) is 48.4 Å². The van der Waals surface area contributed by atoms with E-state index in [4.69, 9.17) is 4.74 Å². The second kappa shape index (κ2) is 10.6. The monoisotopic (exact) mass is 446 g/mol. The molecular weight excluding hydrogens is 420 g/mol. The van der Waals surface area contributed by atoms with Gasteiger partial charge in [-0.15, -0.1) is 0 Å². The van der Waals surface area contributed by atoms with E-state index in [1.807, 2.05) is 31.2 Å². The molecule has 0 saturated carbocycles. The van der Waals surface area contributed by atoms with Crippen molar-refractivity contribution in [2.45, 2.75) is 6.92 Å². The number of hydrogen-bond acceptors (Lipinski definition) is 7. The molecule has 1 aliphatic rings. The van der Waals surface area contributed by atoms with Crippen LogP contribution in [0.25, 0.3) is 0 Å². The van der Waals surface area contributed by atoms with Gasteiger partial charge in [-0.05, 0) is 43.3 Å². The first kappa shape index (κ1) is 22.2. The van der Waals surface area contributed by atoms with E-state index in [2.05, 4.69) is 30.8 Å². The van der Waals surface area contributed by atoms with Crippen molar-refractivity contribution < 1.29 is 14.3 Å². The highest BCUT2D eigenvalue weighted by Crippen LogP contribution is 2.21. The molecular formula is C24H26N6O3. The van der Waals surface area contributed by atoms with Crippen molar-refractivity contribution in [3.8, 4) is 0 Å². The van der Waals surface area contributed by atoms with Gasteiger partial charge in [0.05, 0.1) is 19.8 Å². The number of morpholine rings is 1. The Morgan fingerprint density at radius 3 is 2.39 bits per heavy atom. The van der Waals surface area contributed by atoms with E-state index < -0.39 is 0 Å².